The van der Waals surface area contributed by atoms with E-state index in [9.17, 15) is 19.2 Å². The van der Waals surface area contributed by atoms with Gasteiger partial charge in [0, 0.05) is 60.5 Å². The van der Waals surface area contributed by atoms with Gasteiger partial charge in [0.15, 0.2) is 0 Å². The number of rotatable bonds is 6. The first-order chi connectivity index (χ1) is 22.3. The largest absolute Gasteiger partial charge is 0.457 e. The number of anilines is 1. The number of piperazine rings is 1. The smallest absolute Gasteiger partial charge is 0.355 e. The van der Waals surface area contributed by atoms with Crippen molar-refractivity contribution in [1.82, 2.24) is 14.5 Å². The van der Waals surface area contributed by atoms with Gasteiger partial charge < -0.3 is 23.7 Å². The van der Waals surface area contributed by atoms with Crippen LogP contribution in [-0.2, 0) is 49.0 Å². The summed E-state index contributed by atoms with van der Waals surface area (Å²) in [4.78, 5) is 62.0. The van der Waals surface area contributed by atoms with Crippen molar-refractivity contribution in [3.05, 3.63) is 87.2 Å². The number of hydrogen-bond acceptors (Lipinski definition) is 10. The van der Waals surface area contributed by atoms with Crippen LogP contribution in [0.15, 0.2) is 59.4 Å². The summed E-state index contributed by atoms with van der Waals surface area (Å²) >= 11 is 0. The number of esters is 3. The van der Waals surface area contributed by atoms with E-state index in [1.165, 1.54) is 5.69 Å². The molecule has 234 valence electrons. The SMILES string of the molecule is CC[C@@]1(OC(=O)CCN2CCN(c3ccccc3)CC2)C(=O)OCc2c1cc1n(c2=O)Cc2cc3c4c(ccc3nc2-1)OC(=O)C4. The topological polar surface area (TPSA) is 120 Å². The molecule has 1 saturated heterocycles. The Kier molecular flexibility index (Phi) is 6.68. The first-order valence-corrected chi connectivity index (χ1v) is 15.7. The van der Waals surface area contributed by atoms with Crippen molar-refractivity contribution in [2.24, 2.45) is 0 Å². The number of ether oxygens (including phenoxy) is 3. The van der Waals surface area contributed by atoms with Crippen molar-refractivity contribution >= 4 is 34.5 Å². The fourth-order valence-electron chi connectivity index (χ4n) is 7.19. The lowest BCUT2D eigenvalue weighted by Crippen LogP contribution is -2.49. The van der Waals surface area contributed by atoms with E-state index in [0.29, 0.717) is 40.3 Å². The van der Waals surface area contributed by atoms with Gasteiger partial charge in [-0.25, -0.2) is 9.78 Å². The fourth-order valence-corrected chi connectivity index (χ4v) is 7.19. The van der Waals surface area contributed by atoms with Crippen LogP contribution < -0.4 is 15.2 Å². The average molecular weight is 621 g/mol. The molecule has 0 bridgehead atoms. The Morgan fingerprint density at radius 1 is 1.00 bits per heavy atom. The molecule has 46 heavy (non-hydrogen) atoms. The van der Waals surface area contributed by atoms with Crippen LogP contribution in [0.25, 0.3) is 22.3 Å². The van der Waals surface area contributed by atoms with Crippen molar-refractivity contribution in [2.45, 2.75) is 44.9 Å². The summed E-state index contributed by atoms with van der Waals surface area (Å²) in [5, 5.41) is 0.810. The standard InChI is InChI=1S/C35H32N4O7/c1-2-35(46-30(40)10-11-37-12-14-38(15-13-37)22-6-4-3-5-7-22)26-18-28-32-21(19-39(28)33(42)25(26)20-44-34(35)43)16-23-24-17-31(41)45-29(24)9-8-27(23)36-32/h3-9,16,18H,2,10-15,17,19-20H2,1H3/t35-/m0/s1. The van der Waals surface area contributed by atoms with Crippen LogP contribution in [0.5, 0.6) is 5.75 Å². The normalized spacial score (nSPS) is 20.1. The number of nitrogens with zero attached hydrogens (tertiary/aromatic N) is 4. The van der Waals surface area contributed by atoms with Crippen molar-refractivity contribution < 1.29 is 28.6 Å². The average Bonchev–Trinajstić information content (AvgIpc) is 3.64. The van der Waals surface area contributed by atoms with Crippen LogP contribution in [-0.4, -0.2) is 65.1 Å². The highest BCUT2D eigenvalue weighted by Crippen LogP contribution is 2.42. The first-order valence-electron chi connectivity index (χ1n) is 15.7. The third kappa shape index (κ3) is 4.48. The van der Waals surface area contributed by atoms with Gasteiger partial charge in [-0.2, -0.15) is 0 Å². The van der Waals surface area contributed by atoms with Crippen LogP contribution >= 0.6 is 0 Å². The van der Waals surface area contributed by atoms with Crippen molar-refractivity contribution in [1.29, 1.82) is 0 Å². The Labute approximate surface area is 264 Å². The molecule has 0 N–H and O–H groups in total. The van der Waals surface area contributed by atoms with E-state index >= 15 is 0 Å². The molecule has 8 rings (SSSR count). The van der Waals surface area contributed by atoms with Gasteiger partial charge in [0.05, 0.1) is 41.9 Å². The van der Waals surface area contributed by atoms with E-state index in [4.69, 9.17) is 19.2 Å². The third-order valence-corrected chi connectivity index (χ3v) is 9.69. The van der Waals surface area contributed by atoms with Crippen LogP contribution in [0.2, 0.25) is 0 Å². The maximum atomic E-state index is 13.9. The molecule has 0 radical (unpaired) electrons. The molecule has 0 unspecified atom stereocenters. The summed E-state index contributed by atoms with van der Waals surface area (Å²) in [5.74, 6) is -0.979. The summed E-state index contributed by atoms with van der Waals surface area (Å²) in [6.45, 7) is 5.66. The van der Waals surface area contributed by atoms with Crippen molar-refractivity contribution in [2.75, 3.05) is 37.6 Å². The van der Waals surface area contributed by atoms with Gasteiger partial charge in [0.25, 0.3) is 5.56 Å². The van der Waals surface area contributed by atoms with Gasteiger partial charge in [-0.3, -0.25) is 19.3 Å². The number of benzene rings is 2. The Bertz CT molecular complexity index is 2000. The number of para-hydroxylation sites is 1. The number of fused-ring (bicyclic) bond motifs is 7. The van der Waals surface area contributed by atoms with Gasteiger partial charge in [0.2, 0.25) is 5.60 Å². The number of aromatic nitrogens is 2. The highest BCUT2D eigenvalue weighted by molar-refractivity contribution is 5.95. The second-order valence-corrected chi connectivity index (χ2v) is 12.2. The van der Waals surface area contributed by atoms with Gasteiger partial charge in [-0.05, 0) is 42.8 Å². The number of cyclic esters (lactones) is 1. The van der Waals surface area contributed by atoms with Crippen LogP contribution in [0.4, 0.5) is 5.69 Å². The fraction of sp³-hybridized carbons (Fsp3) is 0.343. The van der Waals surface area contributed by atoms with E-state index in [0.717, 1.165) is 42.7 Å². The molecule has 11 nitrogen and oxygen atoms in total. The van der Waals surface area contributed by atoms with Gasteiger partial charge in [0.1, 0.15) is 12.4 Å². The minimum Gasteiger partial charge on any atom is -0.457 e. The van der Waals surface area contributed by atoms with Gasteiger partial charge in [-0.15, -0.1) is 0 Å². The highest BCUT2D eigenvalue weighted by Gasteiger charge is 2.50. The molecule has 6 heterocycles. The second kappa shape index (κ2) is 10.8. The second-order valence-electron chi connectivity index (χ2n) is 12.2. The summed E-state index contributed by atoms with van der Waals surface area (Å²) in [5.41, 5.74) is 3.24. The van der Waals surface area contributed by atoms with Crippen LogP contribution in [0, 0.1) is 0 Å². The number of pyridine rings is 2. The summed E-state index contributed by atoms with van der Waals surface area (Å²) in [7, 11) is 0. The van der Waals surface area contributed by atoms with Crippen molar-refractivity contribution in [3.63, 3.8) is 0 Å². The monoisotopic (exact) mass is 620 g/mol. The molecule has 2 aromatic heterocycles. The van der Waals surface area contributed by atoms with E-state index < -0.39 is 17.5 Å². The molecular formula is C35H32N4O7. The third-order valence-electron chi connectivity index (χ3n) is 9.69. The Hall–Kier alpha value is -5.03. The highest BCUT2D eigenvalue weighted by atomic mass is 16.6. The summed E-state index contributed by atoms with van der Waals surface area (Å²) < 4.78 is 18.4. The molecule has 4 aliphatic heterocycles. The Balaban J connectivity index is 1.06. The lowest BCUT2D eigenvalue weighted by atomic mass is 9.85. The molecule has 0 saturated carbocycles. The molecule has 1 fully saturated rings. The minimum absolute atomic E-state index is 0.104. The first kappa shape index (κ1) is 28.4. The number of carbonyl (C=O) groups is 3. The maximum absolute atomic E-state index is 13.9. The minimum atomic E-state index is -1.73. The molecule has 2 aromatic carbocycles. The molecule has 1 atom stereocenters. The van der Waals surface area contributed by atoms with E-state index in [1.807, 2.05) is 24.3 Å². The molecule has 11 heteroatoms. The predicted octanol–water partition coefficient (Wildman–Crippen LogP) is 3.30. The maximum Gasteiger partial charge on any atom is 0.355 e. The quantitative estimate of drug-likeness (QED) is 0.207. The Morgan fingerprint density at radius 2 is 1.80 bits per heavy atom. The van der Waals surface area contributed by atoms with Crippen molar-refractivity contribution in [3.8, 4) is 17.1 Å². The molecule has 4 aliphatic rings. The molecule has 0 spiro atoms. The van der Waals surface area contributed by atoms with Crippen LogP contribution in [0.3, 0.4) is 0 Å². The number of carbonyl (C=O) groups excluding carboxylic acids is 3. The van der Waals surface area contributed by atoms with Crippen LogP contribution in [0.1, 0.15) is 42.0 Å². The lowest BCUT2D eigenvalue weighted by molar-refractivity contribution is -0.189. The van der Waals surface area contributed by atoms with Gasteiger partial charge >= 0.3 is 17.9 Å². The summed E-state index contributed by atoms with van der Waals surface area (Å²) in [6, 6.07) is 17.5. The Morgan fingerprint density at radius 3 is 2.59 bits per heavy atom. The zero-order valence-corrected chi connectivity index (χ0v) is 25.4. The molecule has 4 aromatic rings. The molecule has 0 aliphatic carbocycles. The van der Waals surface area contributed by atoms with E-state index in [1.54, 1.807) is 29.7 Å². The molecular weight excluding hydrogens is 588 g/mol. The summed E-state index contributed by atoms with van der Waals surface area (Å²) in [6.07, 6.45) is 0.385. The van der Waals surface area contributed by atoms with Gasteiger partial charge in [-0.1, -0.05) is 25.1 Å². The predicted molar refractivity (Wildman–Crippen MR) is 167 cm³/mol. The lowest BCUT2D eigenvalue weighted by Gasteiger charge is -2.37. The van der Waals surface area contributed by atoms with E-state index in [-0.39, 0.29) is 43.9 Å². The molecule has 0 amide bonds. The zero-order chi connectivity index (χ0) is 31.6. The van der Waals surface area contributed by atoms with E-state index in [2.05, 4.69) is 21.9 Å². The number of hydrogen-bond donors (Lipinski definition) is 0. The zero-order valence-electron chi connectivity index (χ0n) is 25.4.